The van der Waals surface area contributed by atoms with Crippen molar-refractivity contribution in [3.8, 4) is 5.75 Å². The molecule has 2 aromatic rings. The van der Waals surface area contributed by atoms with Gasteiger partial charge >= 0.3 is 5.97 Å². The zero-order valence-electron chi connectivity index (χ0n) is 16.2. The maximum absolute atomic E-state index is 12.5. The molecule has 2 amide bonds. The maximum Gasteiger partial charge on any atom is 0.330 e. The third kappa shape index (κ3) is 7.72. The second-order valence-electron chi connectivity index (χ2n) is 5.75. The second-order valence-corrected chi connectivity index (χ2v) is 6.16. The van der Waals surface area contributed by atoms with Gasteiger partial charge < -0.3 is 9.47 Å². The van der Waals surface area contributed by atoms with Crippen LogP contribution in [0.5, 0.6) is 5.75 Å². The van der Waals surface area contributed by atoms with Crippen molar-refractivity contribution in [2.75, 3.05) is 6.61 Å². The lowest BCUT2D eigenvalue weighted by atomic mass is 10.2. The fraction of sp³-hybridized carbons (Fsp3) is 0.143. The van der Waals surface area contributed by atoms with Crippen molar-refractivity contribution in [1.82, 2.24) is 16.2 Å². The van der Waals surface area contributed by atoms with E-state index in [9.17, 15) is 14.4 Å². The summed E-state index contributed by atoms with van der Waals surface area (Å²) in [4.78, 5) is 35.3. The number of hydrogen-bond acceptors (Lipinski definition) is 6. The molecule has 156 valence electrons. The topological polar surface area (TPSA) is 106 Å². The average molecular weight is 427 g/mol. The maximum atomic E-state index is 12.5. The minimum absolute atomic E-state index is 0.149. The molecular formula is C21H21N3O5S. The van der Waals surface area contributed by atoms with E-state index in [-0.39, 0.29) is 17.3 Å². The van der Waals surface area contributed by atoms with E-state index in [1.165, 1.54) is 0 Å². The third-order valence-electron chi connectivity index (χ3n) is 3.55. The van der Waals surface area contributed by atoms with Crippen molar-refractivity contribution >= 4 is 35.1 Å². The van der Waals surface area contributed by atoms with Crippen LogP contribution in [0, 0.1) is 0 Å². The molecule has 3 N–H and O–H groups in total. The number of carbonyl (C=O) groups is 3. The summed E-state index contributed by atoms with van der Waals surface area (Å²) >= 11 is 4.94. The van der Waals surface area contributed by atoms with Crippen LogP contribution in [0.3, 0.4) is 0 Å². The highest BCUT2D eigenvalue weighted by molar-refractivity contribution is 7.80. The summed E-state index contributed by atoms with van der Waals surface area (Å²) in [6.45, 7) is 2.16. The highest BCUT2D eigenvalue weighted by Crippen LogP contribution is 2.19. The van der Waals surface area contributed by atoms with Crippen LogP contribution in [0.1, 0.15) is 22.8 Å². The zero-order valence-corrected chi connectivity index (χ0v) is 17.0. The summed E-state index contributed by atoms with van der Waals surface area (Å²) in [5, 5.41) is 2.14. The van der Waals surface area contributed by atoms with Crippen LogP contribution in [0.4, 0.5) is 0 Å². The van der Waals surface area contributed by atoms with Gasteiger partial charge in [0.2, 0.25) is 5.91 Å². The molecule has 0 aromatic heterocycles. The summed E-state index contributed by atoms with van der Waals surface area (Å²) < 4.78 is 10.4. The average Bonchev–Trinajstić information content (AvgIpc) is 2.76. The van der Waals surface area contributed by atoms with Crippen molar-refractivity contribution in [3.63, 3.8) is 0 Å². The Labute approximate surface area is 179 Å². The Bertz CT molecular complexity index is 931. The molecule has 0 spiro atoms. The molecule has 0 fully saturated rings. The van der Waals surface area contributed by atoms with E-state index in [0.29, 0.717) is 12.4 Å². The van der Waals surface area contributed by atoms with E-state index in [0.717, 1.165) is 17.7 Å². The first-order chi connectivity index (χ1) is 14.5. The summed E-state index contributed by atoms with van der Waals surface area (Å²) in [5.74, 6) is -1.40. The molecule has 0 radical (unpaired) electrons. The lowest BCUT2D eigenvalue weighted by Crippen LogP contribution is -2.48. The van der Waals surface area contributed by atoms with Gasteiger partial charge in [-0.05, 0) is 36.8 Å². The molecule has 0 aliphatic carbocycles. The first-order valence-electron chi connectivity index (χ1n) is 9.01. The fourth-order valence-electron chi connectivity index (χ4n) is 2.22. The molecule has 8 nitrogen and oxygen atoms in total. The van der Waals surface area contributed by atoms with Gasteiger partial charge in [-0.2, -0.15) is 0 Å². The number of hydrazine groups is 1. The molecule has 0 aliphatic rings. The summed E-state index contributed by atoms with van der Waals surface area (Å²) in [7, 11) is 0. The molecule has 0 unspecified atom stereocenters. The second kappa shape index (κ2) is 12.0. The predicted molar refractivity (Wildman–Crippen MR) is 114 cm³/mol. The van der Waals surface area contributed by atoms with Crippen molar-refractivity contribution < 1.29 is 23.9 Å². The molecule has 2 rings (SSSR count). The van der Waals surface area contributed by atoms with Crippen molar-refractivity contribution in [1.29, 1.82) is 0 Å². The lowest BCUT2D eigenvalue weighted by molar-refractivity contribution is -0.137. The number of hydrogen-bond donors (Lipinski definition) is 3. The number of benzene rings is 2. The first-order valence-corrected chi connectivity index (χ1v) is 9.42. The van der Waals surface area contributed by atoms with E-state index in [4.69, 9.17) is 17.0 Å². The Morgan fingerprint density at radius 3 is 2.40 bits per heavy atom. The van der Waals surface area contributed by atoms with Crippen LogP contribution in [0.25, 0.3) is 0 Å². The Morgan fingerprint density at radius 2 is 1.67 bits per heavy atom. The van der Waals surface area contributed by atoms with Gasteiger partial charge in [-0.15, -0.1) is 0 Å². The van der Waals surface area contributed by atoms with E-state index in [1.807, 2.05) is 30.3 Å². The van der Waals surface area contributed by atoms with Gasteiger partial charge in [0.15, 0.2) is 5.11 Å². The van der Waals surface area contributed by atoms with Crippen molar-refractivity contribution in [2.45, 2.75) is 13.5 Å². The monoisotopic (exact) mass is 427 g/mol. The Balaban J connectivity index is 1.86. The Morgan fingerprint density at radius 1 is 0.967 bits per heavy atom. The van der Waals surface area contributed by atoms with Gasteiger partial charge in [-0.3, -0.25) is 25.8 Å². The number of rotatable bonds is 7. The number of carbonyl (C=O) groups excluding carboxylic acids is 3. The number of esters is 1. The van der Waals surface area contributed by atoms with Crippen LogP contribution >= 0.6 is 12.2 Å². The van der Waals surface area contributed by atoms with Crippen molar-refractivity contribution in [3.05, 3.63) is 77.9 Å². The van der Waals surface area contributed by atoms with Gasteiger partial charge in [0, 0.05) is 12.2 Å². The molecule has 0 aliphatic heterocycles. The highest BCUT2D eigenvalue weighted by atomic mass is 32.1. The van der Waals surface area contributed by atoms with Crippen molar-refractivity contribution in [2.24, 2.45) is 0 Å². The predicted octanol–water partition coefficient (Wildman–Crippen LogP) is 2.02. The Hall–Kier alpha value is -3.72. The molecule has 0 saturated heterocycles. The molecule has 30 heavy (non-hydrogen) atoms. The highest BCUT2D eigenvalue weighted by Gasteiger charge is 2.13. The Kier molecular flexibility index (Phi) is 9.01. The van der Waals surface area contributed by atoms with E-state index in [2.05, 4.69) is 20.9 Å². The van der Waals surface area contributed by atoms with Gasteiger partial charge in [0.1, 0.15) is 12.4 Å². The fourth-order valence-corrected chi connectivity index (χ4v) is 2.37. The third-order valence-corrected chi connectivity index (χ3v) is 3.76. The molecule has 0 saturated carbocycles. The van der Waals surface area contributed by atoms with Crippen LogP contribution in [-0.2, 0) is 20.9 Å². The minimum Gasteiger partial charge on any atom is -0.488 e. The summed E-state index contributed by atoms with van der Waals surface area (Å²) in [5.41, 5.74) is 6.06. The molecule has 2 aromatic carbocycles. The normalized spacial score (nSPS) is 10.2. The van der Waals surface area contributed by atoms with Crippen LogP contribution in [-0.4, -0.2) is 29.5 Å². The quantitative estimate of drug-likeness (QED) is 0.269. The number of thiocarbonyl (C=S) groups is 1. The number of amides is 2. The molecule has 0 heterocycles. The summed E-state index contributed by atoms with van der Waals surface area (Å²) in [6.07, 6.45) is 1.95. The smallest absolute Gasteiger partial charge is 0.330 e. The largest absolute Gasteiger partial charge is 0.488 e. The van der Waals surface area contributed by atoms with Gasteiger partial charge in [-0.25, -0.2) is 4.79 Å². The van der Waals surface area contributed by atoms with E-state index >= 15 is 0 Å². The molecule has 0 atom stereocenters. The number of para-hydroxylation sites is 1. The molecular weight excluding hydrogens is 406 g/mol. The van der Waals surface area contributed by atoms with E-state index in [1.54, 1.807) is 31.2 Å². The van der Waals surface area contributed by atoms with Crippen LogP contribution < -0.4 is 20.9 Å². The zero-order chi connectivity index (χ0) is 21.8. The molecule has 9 heteroatoms. The SMILES string of the molecule is CCOC(=O)/C=C/C(=O)NC(=S)NNC(=O)c1ccccc1OCc1ccccc1. The molecule has 0 bridgehead atoms. The summed E-state index contributed by atoms with van der Waals surface area (Å²) in [6, 6.07) is 16.3. The number of ether oxygens (including phenoxy) is 2. The lowest BCUT2D eigenvalue weighted by Gasteiger charge is -2.13. The standard InChI is InChI=1S/C21H21N3O5S/c1-2-28-19(26)13-12-18(25)22-21(30)24-23-20(27)16-10-6-7-11-17(16)29-14-15-8-4-3-5-9-15/h3-13H,2,14H2,1H3,(H,23,27)(H2,22,24,25,30)/b13-12+. The first kappa shape index (κ1) is 22.6. The van der Waals surface area contributed by atoms with E-state index < -0.39 is 17.8 Å². The minimum atomic E-state index is -0.651. The van der Waals surface area contributed by atoms with Crippen LogP contribution in [0.2, 0.25) is 0 Å². The van der Waals surface area contributed by atoms with Gasteiger partial charge in [0.25, 0.3) is 5.91 Å². The van der Waals surface area contributed by atoms with Gasteiger partial charge in [-0.1, -0.05) is 42.5 Å². The van der Waals surface area contributed by atoms with Crippen LogP contribution in [0.15, 0.2) is 66.7 Å². The van der Waals surface area contributed by atoms with Gasteiger partial charge in [0.05, 0.1) is 12.2 Å². The number of nitrogens with one attached hydrogen (secondary N) is 3.